The zero-order chi connectivity index (χ0) is 17.1. The number of carbonyl (C=O) groups is 1. The van der Waals surface area contributed by atoms with Crippen molar-refractivity contribution in [3.05, 3.63) is 11.7 Å². The molecule has 24 heavy (non-hydrogen) atoms. The first-order valence-corrected chi connectivity index (χ1v) is 9.07. The molecule has 1 aromatic heterocycles. The second-order valence-electron chi connectivity index (χ2n) is 7.28. The Labute approximate surface area is 142 Å². The molecule has 2 aliphatic rings. The van der Waals surface area contributed by atoms with E-state index in [-0.39, 0.29) is 24.1 Å². The first-order chi connectivity index (χ1) is 11.5. The van der Waals surface area contributed by atoms with Gasteiger partial charge in [0.05, 0.1) is 6.10 Å². The first kappa shape index (κ1) is 17.2. The van der Waals surface area contributed by atoms with E-state index in [9.17, 15) is 9.90 Å². The lowest BCUT2D eigenvalue weighted by Gasteiger charge is -2.24. The monoisotopic (exact) mass is 336 g/mol. The quantitative estimate of drug-likeness (QED) is 0.862. The molecule has 0 spiro atoms. The molecular formula is C17H28N4O3. The molecule has 3 atom stereocenters. The Morgan fingerprint density at radius 2 is 2.08 bits per heavy atom. The molecule has 3 unspecified atom stereocenters. The fourth-order valence-corrected chi connectivity index (χ4v) is 3.80. The lowest BCUT2D eigenvalue weighted by atomic mass is 10.1. The van der Waals surface area contributed by atoms with Gasteiger partial charge in [0.1, 0.15) is 6.04 Å². The number of nitrogens with zero attached hydrogens (tertiary/aromatic N) is 3. The van der Waals surface area contributed by atoms with E-state index in [2.05, 4.69) is 15.5 Å². The highest BCUT2D eigenvalue weighted by Crippen LogP contribution is 2.32. The maximum atomic E-state index is 12.3. The van der Waals surface area contributed by atoms with Gasteiger partial charge in [-0.3, -0.25) is 0 Å². The molecule has 2 saturated carbocycles. The number of urea groups is 1. The molecule has 0 radical (unpaired) electrons. The van der Waals surface area contributed by atoms with Crippen LogP contribution in [0.25, 0.3) is 0 Å². The molecule has 1 heterocycles. The summed E-state index contributed by atoms with van der Waals surface area (Å²) in [6.45, 7) is 2.42. The number of hydrogen-bond acceptors (Lipinski definition) is 5. The molecule has 0 bridgehead atoms. The van der Waals surface area contributed by atoms with E-state index in [0.717, 1.165) is 37.9 Å². The second-order valence-corrected chi connectivity index (χ2v) is 7.28. The summed E-state index contributed by atoms with van der Waals surface area (Å²) in [5, 5.41) is 16.9. The molecule has 3 rings (SSSR count). The van der Waals surface area contributed by atoms with Crippen LogP contribution in [0.1, 0.15) is 75.5 Å². The van der Waals surface area contributed by atoms with Crippen LogP contribution in [0.4, 0.5) is 4.79 Å². The summed E-state index contributed by atoms with van der Waals surface area (Å²) in [6.07, 6.45) is 7.23. The molecule has 0 saturated heterocycles. The van der Waals surface area contributed by atoms with Gasteiger partial charge in [0.2, 0.25) is 5.89 Å². The Balaban J connectivity index is 1.51. The van der Waals surface area contributed by atoms with Gasteiger partial charge in [-0.05, 0) is 32.6 Å². The minimum absolute atomic E-state index is 0.174. The zero-order valence-electron chi connectivity index (χ0n) is 14.6. The van der Waals surface area contributed by atoms with E-state index < -0.39 is 0 Å². The number of carbonyl (C=O) groups excluding carboxylic acids is 1. The van der Waals surface area contributed by atoms with Gasteiger partial charge in [0.25, 0.3) is 0 Å². The maximum absolute atomic E-state index is 12.3. The van der Waals surface area contributed by atoms with Crippen molar-refractivity contribution in [2.75, 3.05) is 13.6 Å². The van der Waals surface area contributed by atoms with Crippen molar-refractivity contribution in [2.24, 2.45) is 5.92 Å². The number of nitrogens with one attached hydrogen (secondary N) is 1. The average Bonchev–Trinajstić information content (AvgIpc) is 3.28. The fourth-order valence-electron chi connectivity index (χ4n) is 3.80. The van der Waals surface area contributed by atoms with Crippen LogP contribution in [0.2, 0.25) is 0 Å². The van der Waals surface area contributed by atoms with Crippen molar-refractivity contribution in [1.82, 2.24) is 20.4 Å². The summed E-state index contributed by atoms with van der Waals surface area (Å²) in [7, 11) is 1.75. The van der Waals surface area contributed by atoms with Gasteiger partial charge in [0.15, 0.2) is 5.82 Å². The Kier molecular flexibility index (Phi) is 5.38. The van der Waals surface area contributed by atoms with Gasteiger partial charge in [-0.25, -0.2) is 4.79 Å². The Morgan fingerprint density at radius 3 is 2.75 bits per heavy atom. The largest absolute Gasteiger partial charge is 0.393 e. The van der Waals surface area contributed by atoms with Crippen LogP contribution in [0, 0.1) is 5.92 Å². The van der Waals surface area contributed by atoms with Crippen LogP contribution in [0.15, 0.2) is 4.52 Å². The molecule has 7 heteroatoms. The number of aliphatic hydroxyl groups is 1. The fraction of sp³-hybridized carbons (Fsp3) is 0.824. The minimum atomic E-state index is -0.323. The van der Waals surface area contributed by atoms with E-state index in [4.69, 9.17) is 4.52 Å². The lowest BCUT2D eigenvalue weighted by Crippen LogP contribution is -2.42. The molecule has 2 aliphatic carbocycles. The Hall–Kier alpha value is -1.63. The van der Waals surface area contributed by atoms with Crippen molar-refractivity contribution in [1.29, 1.82) is 0 Å². The predicted molar refractivity (Wildman–Crippen MR) is 88.4 cm³/mol. The number of hydrogen-bond donors (Lipinski definition) is 2. The van der Waals surface area contributed by atoms with E-state index in [1.807, 2.05) is 6.92 Å². The van der Waals surface area contributed by atoms with Crippen LogP contribution < -0.4 is 5.32 Å². The summed E-state index contributed by atoms with van der Waals surface area (Å²) in [5.74, 6) is 1.80. The summed E-state index contributed by atoms with van der Waals surface area (Å²) < 4.78 is 5.34. The molecule has 7 nitrogen and oxygen atoms in total. The van der Waals surface area contributed by atoms with Crippen LogP contribution in [-0.2, 0) is 0 Å². The standard InChI is InChI=1S/C17H28N4O3/c1-11(16-19-15(20-24-16)12-6-3-4-7-12)18-17(23)21(2)10-13-8-5-9-14(13)22/h11-14,22H,3-10H2,1-2H3,(H,18,23). The molecule has 0 aromatic carbocycles. The smallest absolute Gasteiger partial charge is 0.317 e. The van der Waals surface area contributed by atoms with Crippen molar-refractivity contribution in [3.63, 3.8) is 0 Å². The van der Waals surface area contributed by atoms with E-state index in [1.165, 1.54) is 12.8 Å². The number of rotatable bonds is 5. The van der Waals surface area contributed by atoms with Gasteiger partial charge in [-0.2, -0.15) is 4.98 Å². The third kappa shape index (κ3) is 3.88. The van der Waals surface area contributed by atoms with Gasteiger partial charge in [-0.15, -0.1) is 0 Å². The van der Waals surface area contributed by atoms with Crippen molar-refractivity contribution >= 4 is 6.03 Å². The first-order valence-electron chi connectivity index (χ1n) is 9.07. The molecule has 2 N–H and O–H groups in total. The van der Waals surface area contributed by atoms with Crippen LogP contribution in [0.5, 0.6) is 0 Å². The Morgan fingerprint density at radius 1 is 1.33 bits per heavy atom. The van der Waals surface area contributed by atoms with Gasteiger partial charge < -0.3 is 19.8 Å². The van der Waals surface area contributed by atoms with E-state index >= 15 is 0 Å². The predicted octanol–water partition coefficient (Wildman–Crippen LogP) is 2.59. The third-order valence-corrected chi connectivity index (χ3v) is 5.36. The van der Waals surface area contributed by atoms with Crippen molar-refractivity contribution in [3.8, 4) is 0 Å². The average molecular weight is 336 g/mol. The van der Waals surface area contributed by atoms with Crippen molar-refractivity contribution < 1.29 is 14.4 Å². The number of amides is 2. The van der Waals surface area contributed by atoms with Crippen LogP contribution >= 0.6 is 0 Å². The molecule has 1 aromatic rings. The minimum Gasteiger partial charge on any atom is -0.393 e. The van der Waals surface area contributed by atoms with Gasteiger partial charge in [-0.1, -0.05) is 24.4 Å². The molecule has 2 fully saturated rings. The SMILES string of the molecule is CC(NC(=O)N(C)CC1CCCC1O)c1nc(C2CCCC2)no1. The highest BCUT2D eigenvalue weighted by Gasteiger charge is 2.29. The van der Waals surface area contributed by atoms with Crippen LogP contribution in [0.3, 0.4) is 0 Å². The highest BCUT2D eigenvalue weighted by atomic mass is 16.5. The topological polar surface area (TPSA) is 91.5 Å². The summed E-state index contributed by atoms with van der Waals surface area (Å²) in [4.78, 5) is 18.4. The van der Waals surface area contributed by atoms with Crippen molar-refractivity contribution in [2.45, 2.75) is 69.9 Å². The molecule has 0 aliphatic heterocycles. The Bertz CT molecular complexity index is 556. The number of aromatic nitrogens is 2. The normalized spacial score (nSPS) is 25.8. The summed E-state index contributed by atoms with van der Waals surface area (Å²) in [6, 6.07) is -0.502. The highest BCUT2D eigenvalue weighted by molar-refractivity contribution is 5.74. The van der Waals surface area contributed by atoms with E-state index in [0.29, 0.717) is 18.4 Å². The maximum Gasteiger partial charge on any atom is 0.317 e. The molecule has 134 valence electrons. The van der Waals surface area contributed by atoms with Crippen LogP contribution in [-0.4, -0.2) is 45.9 Å². The summed E-state index contributed by atoms with van der Waals surface area (Å²) >= 11 is 0. The third-order valence-electron chi connectivity index (χ3n) is 5.36. The number of aliphatic hydroxyl groups excluding tert-OH is 1. The van der Waals surface area contributed by atoms with Gasteiger partial charge in [0, 0.05) is 25.4 Å². The zero-order valence-corrected chi connectivity index (χ0v) is 14.6. The summed E-state index contributed by atoms with van der Waals surface area (Å²) in [5.41, 5.74) is 0. The second kappa shape index (κ2) is 7.51. The van der Waals surface area contributed by atoms with Gasteiger partial charge >= 0.3 is 6.03 Å². The molecular weight excluding hydrogens is 308 g/mol. The lowest BCUT2D eigenvalue weighted by molar-refractivity contribution is 0.113. The van der Waals surface area contributed by atoms with E-state index in [1.54, 1.807) is 11.9 Å². The molecule has 2 amide bonds.